The van der Waals surface area contributed by atoms with E-state index < -0.39 is 10.4 Å². The first-order chi connectivity index (χ1) is 3.41. The Morgan fingerprint density at radius 2 is 1.44 bits per heavy atom. The summed E-state index contributed by atoms with van der Waals surface area (Å²) < 4.78 is 35.9. The molecule has 9 heavy (non-hydrogen) atoms. The Kier molecular flexibility index (Phi) is 16.6. The Labute approximate surface area is 77.1 Å². The quantitative estimate of drug-likeness (QED) is 0.237. The maximum absolute atomic E-state index is 8.52. The summed E-state index contributed by atoms with van der Waals surface area (Å²) in [6.07, 6.45) is 0. The van der Waals surface area contributed by atoms with Crippen molar-refractivity contribution in [2.45, 2.75) is 0 Å². The molecule has 0 N–H and O–H groups in total. The second-order valence-corrected chi connectivity index (χ2v) is 2.41. The standard InChI is InChI=1S/C2H3.H2O4S.2Os/c1-2;1-5(2,3)4;;/h1H,2H2;(H2,1,2,3,4);;/q-1;;;+2/p-2. The molecule has 0 saturated heterocycles. The van der Waals surface area contributed by atoms with Crippen LogP contribution in [0.3, 0.4) is 0 Å². The summed E-state index contributed by atoms with van der Waals surface area (Å²) in [5, 5.41) is 0. The molecule has 0 spiro atoms. The van der Waals surface area contributed by atoms with Crippen molar-refractivity contribution < 1.29 is 55.5 Å². The molecular weight excluding hydrogens is 501 g/mol. The van der Waals surface area contributed by atoms with Crippen molar-refractivity contribution >= 4 is 15.0 Å². The maximum Gasteiger partial charge on any atom is 2.00 e. The summed E-state index contributed by atoms with van der Waals surface area (Å²) in [6.45, 7) is 3.37. The summed E-state index contributed by atoms with van der Waals surface area (Å²) >= 11 is 1.74. The van der Waals surface area contributed by atoms with Crippen LogP contribution in [0.1, 0.15) is 0 Å². The zero-order valence-corrected chi connectivity index (χ0v) is 9.93. The Morgan fingerprint density at radius 3 is 1.44 bits per heavy atom. The van der Waals surface area contributed by atoms with Gasteiger partial charge in [0.2, 0.25) is 0 Å². The van der Waals surface area contributed by atoms with Gasteiger partial charge in [0.15, 0.2) is 0 Å². The smallest absolute Gasteiger partial charge is 2.00 e. The van der Waals surface area contributed by atoms with Crippen LogP contribution in [0.15, 0.2) is 0 Å². The third-order valence-electron chi connectivity index (χ3n) is 0. The minimum atomic E-state index is -5.17. The van der Waals surface area contributed by atoms with E-state index in [0.29, 0.717) is 0 Å². The van der Waals surface area contributed by atoms with Gasteiger partial charge in [-0.05, 0) is 0 Å². The zero-order valence-electron chi connectivity index (χ0n) is 4.03. The largest absolute Gasteiger partial charge is 2.00 e. The first kappa shape index (κ1) is 16.5. The summed E-state index contributed by atoms with van der Waals surface area (Å²) in [4.78, 5) is 0. The minimum absolute atomic E-state index is 0. The third kappa shape index (κ3) is 432. The van der Waals surface area contributed by atoms with Crippen LogP contribution < -0.4 is 0 Å². The van der Waals surface area contributed by atoms with Crippen LogP contribution in [0.25, 0.3) is 0 Å². The van der Waals surface area contributed by atoms with Crippen LogP contribution >= 0.6 is 0 Å². The van der Waals surface area contributed by atoms with E-state index in [-0.39, 0.29) is 19.8 Å². The van der Waals surface area contributed by atoms with Gasteiger partial charge >= 0.3 is 49.4 Å². The fraction of sp³-hybridized carbons (Fsp3) is 0. The van der Waals surface area contributed by atoms with E-state index in [4.69, 9.17) is 17.5 Å². The fourth-order valence-electron chi connectivity index (χ4n) is 0. The van der Waals surface area contributed by atoms with Gasteiger partial charge in [0.25, 0.3) is 0 Å². The molecule has 0 saturated carbocycles. The molecule has 0 aliphatic carbocycles. The fourth-order valence-corrected chi connectivity index (χ4v) is 0. The Hall–Kier alpha value is 1.01. The Morgan fingerprint density at radius 1 is 1.44 bits per heavy atom. The summed E-state index contributed by atoms with van der Waals surface area (Å²) in [7, 11) is -5.17. The van der Waals surface area contributed by atoms with E-state index >= 15 is 0 Å². The van der Waals surface area contributed by atoms with Gasteiger partial charge in [0, 0.05) is 10.4 Å². The predicted octanol–water partition coefficient (Wildman–Crippen LogP) is -1.17. The van der Waals surface area contributed by atoms with Gasteiger partial charge in [-0.15, -0.1) is 0 Å². The molecule has 0 fully saturated rings. The number of rotatable bonds is 0. The van der Waals surface area contributed by atoms with Gasteiger partial charge in [0.05, 0.1) is 0 Å². The van der Waals surface area contributed by atoms with Gasteiger partial charge in [-0.25, -0.2) is 0 Å². The molecule has 0 radical (unpaired) electrons. The molecule has 4 nitrogen and oxygen atoms in total. The predicted molar refractivity (Wildman–Crippen MR) is 21.9 cm³/mol. The molecule has 0 aliphatic rings. The molecule has 58 valence electrons. The first-order valence-corrected chi connectivity index (χ1v) is 4.08. The zero-order chi connectivity index (χ0) is 7.21. The Balaban J connectivity index is -0.0000000800. The van der Waals surface area contributed by atoms with Crippen LogP contribution in [0, 0.1) is 6.92 Å². The van der Waals surface area contributed by atoms with Crippen molar-refractivity contribution in [1.82, 2.24) is 0 Å². The van der Waals surface area contributed by atoms with Gasteiger partial charge in [-0.1, -0.05) is 0 Å². The van der Waals surface area contributed by atoms with Crippen LogP contribution in [0.2, 0.25) is 0 Å². The van der Waals surface area contributed by atoms with E-state index in [1.165, 1.54) is 0 Å². The van der Waals surface area contributed by atoms with E-state index in [1.54, 1.807) is 22.7 Å². The summed E-state index contributed by atoms with van der Waals surface area (Å²) in [6, 6.07) is 0. The molecule has 0 aromatic rings. The van der Waals surface area contributed by atoms with Crippen molar-refractivity contribution in [3.8, 4) is 0 Å². The summed E-state index contributed by atoms with van der Waals surface area (Å²) in [5.41, 5.74) is 0. The average molecular weight is 504 g/mol. The molecule has 0 aliphatic heterocycles. The van der Waals surface area contributed by atoms with Gasteiger partial charge in [0.1, 0.15) is 0 Å². The summed E-state index contributed by atoms with van der Waals surface area (Å²) in [5.74, 6) is 0. The molecule has 0 rings (SSSR count). The molecule has 0 aromatic carbocycles. The van der Waals surface area contributed by atoms with Crippen molar-refractivity contribution in [3.05, 3.63) is 6.92 Å². The molecule has 0 atom stereocenters. The molecular formula is C2H3O4Os2S-. The minimum Gasteiger partial charge on any atom is 2.00 e. The normalized spacial score (nSPS) is 8.00. The SMILES string of the molecule is O=S(=O)([O-])[O-].[CH2-][CH]=[Os].[Os+2]. The van der Waals surface area contributed by atoms with Crippen molar-refractivity contribution in [2.24, 2.45) is 0 Å². The molecule has 0 aromatic heterocycles. The van der Waals surface area contributed by atoms with Crippen molar-refractivity contribution in [3.63, 3.8) is 0 Å². The van der Waals surface area contributed by atoms with Gasteiger partial charge in [-0.3, -0.25) is 8.42 Å². The van der Waals surface area contributed by atoms with Crippen LogP contribution in [-0.2, 0) is 48.3 Å². The maximum atomic E-state index is 8.52. The second-order valence-electron chi connectivity index (χ2n) is 0.553. The van der Waals surface area contributed by atoms with Gasteiger partial charge in [-0.2, -0.15) is 0 Å². The van der Waals surface area contributed by atoms with Crippen LogP contribution in [0.4, 0.5) is 0 Å². The van der Waals surface area contributed by atoms with Crippen molar-refractivity contribution in [2.75, 3.05) is 0 Å². The first-order valence-electron chi connectivity index (χ1n) is 1.28. The van der Waals surface area contributed by atoms with Crippen molar-refractivity contribution in [1.29, 1.82) is 0 Å². The molecule has 0 bridgehead atoms. The van der Waals surface area contributed by atoms with Gasteiger partial charge < -0.3 is 9.11 Å². The monoisotopic (exact) mass is 507 g/mol. The third-order valence-corrected chi connectivity index (χ3v) is 0. The molecule has 0 heterocycles. The van der Waals surface area contributed by atoms with Crippen LogP contribution in [-0.4, -0.2) is 22.1 Å². The second kappa shape index (κ2) is 9.01. The van der Waals surface area contributed by atoms with E-state index in [1.807, 2.05) is 0 Å². The topological polar surface area (TPSA) is 80.3 Å². The average Bonchev–Trinajstić information content (AvgIpc) is 1.27. The Bertz CT molecular complexity index is 131. The van der Waals surface area contributed by atoms with E-state index in [9.17, 15) is 0 Å². The van der Waals surface area contributed by atoms with Crippen LogP contribution in [0.5, 0.6) is 0 Å². The van der Waals surface area contributed by atoms with E-state index in [0.717, 1.165) is 0 Å². The number of hydrogen-bond acceptors (Lipinski definition) is 4. The molecule has 7 heteroatoms. The molecule has 0 amide bonds. The number of hydrogen-bond donors (Lipinski definition) is 0. The van der Waals surface area contributed by atoms with E-state index in [2.05, 4.69) is 6.92 Å². The molecule has 0 unspecified atom stereocenters.